The smallest absolute Gasteiger partial charge is 0.164 e. The molecule has 7 aromatic carbocycles. The number of hydrogen-bond acceptors (Lipinski definition) is 4. The SMILES string of the molecule is c1ccc(-c2nc(-c3ccccc3)nc(-c3ccc(-c4cc(-c5ccc(-c6cnc7ccccc7c6)cc5)c5ccccc5c4)cc3)n2)cc1. The van der Waals surface area contributed by atoms with Gasteiger partial charge in [0.1, 0.15) is 0 Å². The van der Waals surface area contributed by atoms with E-state index in [-0.39, 0.29) is 0 Å². The van der Waals surface area contributed by atoms with Gasteiger partial charge in [0.05, 0.1) is 5.52 Å². The van der Waals surface area contributed by atoms with Gasteiger partial charge in [-0.15, -0.1) is 0 Å². The first-order valence-corrected chi connectivity index (χ1v) is 16.7. The molecule has 0 unspecified atom stereocenters. The summed E-state index contributed by atoms with van der Waals surface area (Å²) in [6.07, 6.45) is 1.96. The summed E-state index contributed by atoms with van der Waals surface area (Å²) in [5.74, 6) is 1.95. The van der Waals surface area contributed by atoms with Crippen molar-refractivity contribution in [2.24, 2.45) is 0 Å². The molecule has 0 atom stereocenters. The Labute approximate surface area is 290 Å². The first-order chi connectivity index (χ1) is 24.7. The Morgan fingerprint density at radius 1 is 0.300 bits per heavy atom. The lowest BCUT2D eigenvalue weighted by Crippen LogP contribution is -2.00. The quantitative estimate of drug-likeness (QED) is 0.182. The third-order valence-corrected chi connectivity index (χ3v) is 9.16. The highest BCUT2D eigenvalue weighted by molar-refractivity contribution is 6.00. The average Bonchev–Trinajstić information content (AvgIpc) is 3.21. The van der Waals surface area contributed by atoms with Crippen molar-refractivity contribution >= 4 is 21.7 Å². The van der Waals surface area contributed by atoms with Gasteiger partial charge in [-0.1, -0.05) is 152 Å². The van der Waals surface area contributed by atoms with E-state index in [2.05, 4.69) is 108 Å². The Balaban J connectivity index is 1.08. The average molecular weight is 639 g/mol. The fourth-order valence-corrected chi connectivity index (χ4v) is 6.54. The Morgan fingerprint density at radius 3 is 1.40 bits per heavy atom. The van der Waals surface area contributed by atoms with Crippen LogP contribution in [0.15, 0.2) is 182 Å². The third-order valence-electron chi connectivity index (χ3n) is 9.16. The second-order valence-corrected chi connectivity index (χ2v) is 12.4. The molecule has 2 aromatic heterocycles. The molecule has 234 valence electrons. The number of hydrogen-bond donors (Lipinski definition) is 0. The number of pyridine rings is 1. The lowest BCUT2D eigenvalue weighted by atomic mass is 9.92. The first kappa shape index (κ1) is 29.4. The van der Waals surface area contributed by atoms with Gasteiger partial charge in [-0.05, 0) is 62.9 Å². The van der Waals surface area contributed by atoms with Crippen molar-refractivity contribution in [2.45, 2.75) is 0 Å². The Kier molecular flexibility index (Phi) is 7.45. The minimum Gasteiger partial charge on any atom is -0.256 e. The molecule has 4 heteroatoms. The molecule has 0 aliphatic carbocycles. The summed E-state index contributed by atoms with van der Waals surface area (Å²) in [4.78, 5) is 19.3. The molecule has 0 radical (unpaired) electrons. The van der Waals surface area contributed by atoms with Crippen LogP contribution in [0.5, 0.6) is 0 Å². The van der Waals surface area contributed by atoms with Crippen LogP contribution >= 0.6 is 0 Å². The van der Waals surface area contributed by atoms with E-state index < -0.39 is 0 Å². The van der Waals surface area contributed by atoms with Gasteiger partial charge in [0.25, 0.3) is 0 Å². The van der Waals surface area contributed by atoms with Gasteiger partial charge < -0.3 is 0 Å². The molecule has 0 saturated heterocycles. The lowest BCUT2D eigenvalue weighted by Gasteiger charge is -2.13. The van der Waals surface area contributed by atoms with Crippen LogP contribution in [0.25, 0.3) is 89.2 Å². The molecule has 2 heterocycles. The largest absolute Gasteiger partial charge is 0.256 e. The molecule has 0 bridgehead atoms. The highest BCUT2D eigenvalue weighted by Crippen LogP contribution is 2.36. The number of fused-ring (bicyclic) bond motifs is 2. The Bertz CT molecular complexity index is 2560. The molecule has 0 saturated carbocycles. The van der Waals surface area contributed by atoms with Crippen LogP contribution in [0.3, 0.4) is 0 Å². The molecular formula is C46H30N4. The van der Waals surface area contributed by atoms with Gasteiger partial charge in [-0.2, -0.15) is 0 Å². The van der Waals surface area contributed by atoms with Gasteiger partial charge in [0.15, 0.2) is 17.5 Å². The summed E-state index contributed by atoms with van der Waals surface area (Å²) in [5.41, 5.74) is 10.7. The summed E-state index contributed by atoms with van der Waals surface area (Å²) >= 11 is 0. The van der Waals surface area contributed by atoms with Crippen LogP contribution in [0.1, 0.15) is 0 Å². The van der Waals surface area contributed by atoms with E-state index in [4.69, 9.17) is 15.0 Å². The zero-order valence-electron chi connectivity index (χ0n) is 27.1. The predicted octanol–water partition coefficient (Wildman–Crippen LogP) is 11.6. The van der Waals surface area contributed by atoms with E-state index in [1.807, 2.05) is 79.0 Å². The molecule has 0 spiro atoms. The molecular weight excluding hydrogens is 609 g/mol. The monoisotopic (exact) mass is 638 g/mol. The van der Waals surface area contributed by atoms with E-state index in [1.54, 1.807) is 0 Å². The molecule has 9 rings (SSSR count). The summed E-state index contributed by atoms with van der Waals surface area (Å²) in [6, 6.07) is 61.1. The van der Waals surface area contributed by atoms with Crippen molar-refractivity contribution in [1.29, 1.82) is 0 Å². The van der Waals surface area contributed by atoms with Gasteiger partial charge in [0.2, 0.25) is 0 Å². The van der Waals surface area contributed by atoms with Gasteiger partial charge >= 0.3 is 0 Å². The van der Waals surface area contributed by atoms with Crippen molar-refractivity contribution in [1.82, 2.24) is 19.9 Å². The molecule has 0 aliphatic heterocycles. The number of nitrogens with zero attached hydrogens (tertiary/aromatic N) is 4. The minimum absolute atomic E-state index is 0.644. The third kappa shape index (κ3) is 5.69. The van der Waals surface area contributed by atoms with Crippen LogP contribution in [0.2, 0.25) is 0 Å². The number of para-hydroxylation sites is 1. The highest BCUT2D eigenvalue weighted by atomic mass is 15.0. The van der Waals surface area contributed by atoms with E-state index in [0.717, 1.165) is 49.8 Å². The fraction of sp³-hybridized carbons (Fsp3) is 0. The Morgan fingerprint density at radius 2 is 0.760 bits per heavy atom. The van der Waals surface area contributed by atoms with E-state index >= 15 is 0 Å². The van der Waals surface area contributed by atoms with Crippen molar-refractivity contribution in [2.75, 3.05) is 0 Å². The summed E-state index contributed by atoms with van der Waals surface area (Å²) in [7, 11) is 0. The standard InChI is InChI=1S/C46H30N4/c1-3-11-34(12-4-1)44-48-45(35-13-5-2-6-14-35)50-46(49-44)36-25-21-31(22-26-36)39-27-37-15-7-9-17-41(37)42(29-39)33-23-19-32(20-24-33)40-28-38-16-8-10-18-43(38)47-30-40/h1-30H. The maximum Gasteiger partial charge on any atom is 0.164 e. The zero-order valence-corrected chi connectivity index (χ0v) is 27.1. The van der Waals surface area contributed by atoms with Crippen molar-refractivity contribution in [3.8, 4) is 67.5 Å². The normalized spacial score (nSPS) is 11.2. The lowest BCUT2D eigenvalue weighted by molar-refractivity contribution is 1.07. The molecule has 0 fully saturated rings. The van der Waals surface area contributed by atoms with Gasteiger partial charge in [0, 0.05) is 33.8 Å². The first-order valence-electron chi connectivity index (χ1n) is 16.7. The second-order valence-electron chi connectivity index (χ2n) is 12.4. The topological polar surface area (TPSA) is 51.6 Å². The van der Waals surface area contributed by atoms with Crippen molar-refractivity contribution < 1.29 is 0 Å². The van der Waals surface area contributed by atoms with Crippen LogP contribution in [-0.4, -0.2) is 19.9 Å². The summed E-state index contributed by atoms with van der Waals surface area (Å²) < 4.78 is 0. The van der Waals surface area contributed by atoms with Gasteiger partial charge in [-0.25, -0.2) is 15.0 Å². The Hall–Kier alpha value is -6.78. The number of aromatic nitrogens is 4. The van der Waals surface area contributed by atoms with Crippen LogP contribution in [0.4, 0.5) is 0 Å². The zero-order chi connectivity index (χ0) is 33.3. The fourth-order valence-electron chi connectivity index (χ4n) is 6.54. The predicted molar refractivity (Wildman–Crippen MR) is 205 cm³/mol. The molecule has 0 amide bonds. The molecule has 0 N–H and O–H groups in total. The molecule has 4 nitrogen and oxygen atoms in total. The van der Waals surface area contributed by atoms with Gasteiger partial charge in [-0.3, -0.25) is 4.98 Å². The van der Waals surface area contributed by atoms with Crippen LogP contribution < -0.4 is 0 Å². The second kappa shape index (κ2) is 12.7. The molecule has 50 heavy (non-hydrogen) atoms. The molecule has 0 aliphatic rings. The molecule has 9 aromatic rings. The van der Waals surface area contributed by atoms with E-state index in [1.165, 1.54) is 21.9 Å². The minimum atomic E-state index is 0.644. The van der Waals surface area contributed by atoms with Crippen LogP contribution in [0, 0.1) is 0 Å². The van der Waals surface area contributed by atoms with E-state index in [9.17, 15) is 0 Å². The van der Waals surface area contributed by atoms with Crippen molar-refractivity contribution in [3.63, 3.8) is 0 Å². The van der Waals surface area contributed by atoms with E-state index in [0.29, 0.717) is 17.5 Å². The number of rotatable bonds is 6. The van der Waals surface area contributed by atoms with Crippen LogP contribution in [-0.2, 0) is 0 Å². The highest BCUT2D eigenvalue weighted by Gasteiger charge is 2.14. The number of benzene rings is 7. The maximum atomic E-state index is 4.91. The summed E-state index contributed by atoms with van der Waals surface area (Å²) in [6.45, 7) is 0. The summed E-state index contributed by atoms with van der Waals surface area (Å²) in [5, 5.41) is 3.56. The maximum absolute atomic E-state index is 4.91. The van der Waals surface area contributed by atoms with Crippen molar-refractivity contribution in [3.05, 3.63) is 182 Å².